The van der Waals surface area contributed by atoms with Crippen molar-refractivity contribution in [3.8, 4) is 0 Å². The summed E-state index contributed by atoms with van der Waals surface area (Å²) in [6.45, 7) is 6.65. The lowest BCUT2D eigenvalue weighted by atomic mass is 9.90. The van der Waals surface area contributed by atoms with Crippen LogP contribution in [-0.2, 0) is 9.59 Å². The largest absolute Gasteiger partial charge is 0.353 e. The van der Waals surface area contributed by atoms with E-state index in [-0.39, 0.29) is 17.7 Å². The van der Waals surface area contributed by atoms with Gasteiger partial charge in [-0.15, -0.1) is 0 Å². The van der Waals surface area contributed by atoms with Crippen molar-refractivity contribution < 1.29 is 9.59 Å². The van der Waals surface area contributed by atoms with E-state index in [1.54, 1.807) is 6.92 Å². The first-order valence-electron chi connectivity index (χ1n) is 9.40. The van der Waals surface area contributed by atoms with Gasteiger partial charge in [-0.3, -0.25) is 9.59 Å². The average Bonchev–Trinajstić information content (AvgIpc) is 2.51. The molecule has 2 saturated heterocycles. The Kier molecular flexibility index (Phi) is 5.57. The third-order valence-corrected chi connectivity index (χ3v) is 5.89. The fraction of sp³-hybridized carbons (Fsp3) is 0.889. The maximum Gasteiger partial charge on any atom is 0.223 e. The van der Waals surface area contributed by atoms with Crippen molar-refractivity contribution in [2.45, 2.75) is 57.9 Å². The monoisotopic (exact) mass is 321 g/mol. The zero-order valence-electron chi connectivity index (χ0n) is 14.4. The van der Waals surface area contributed by atoms with Gasteiger partial charge >= 0.3 is 0 Å². The van der Waals surface area contributed by atoms with Crippen molar-refractivity contribution >= 4 is 11.8 Å². The van der Waals surface area contributed by atoms with E-state index >= 15 is 0 Å². The number of carbonyl (C=O) groups is 2. The van der Waals surface area contributed by atoms with E-state index < -0.39 is 0 Å². The zero-order chi connectivity index (χ0) is 16.2. The molecule has 5 heteroatoms. The van der Waals surface area contributed by atoms with Gasteiger partial charge in [-0.05, 0) is 64.0 Å². The van der Waals surface area contributed by atoms with Gasteiger partial charge in [0.2, 0.25) is 11.8 Å². The number of piperidine rings is 2. The summed E-state index contributed by atoms with van der Waals surface area (Å²) in [5.74, 6) is 1.32. The molecule has 1 unspecified atom stereocenters. The van der Waals surface area contributed by atoms with Gasteiger partial charge in [-0.2, -0.15) is 0 Å². The number of hydrogen-bond acceptors (Lipinski definition) is 3. The highest BCUT2D eigenvalue weighted by molar-refractivity contribution is 5.79. The molecular formula is C18H31N3O2. The van der Waals surface area contributed by atoms with E-state index in [1.165, 1.54) is 25.7 Å². The summed E-state index contributed by atoms with van der Waals surface area (Å²) in [6, 6.07) is 0.459. The molecule has 23 heavy (non-hydrogen) atoms. The van der Waals surface area contributed by atoms with E-state index in [0.29, 0.717) is 12.0 Å². The summed E-state index contributed by atoms with van der Waals surface area (Å²) in [4.78, 5) is 28.3. The Labute approximate surface area is 139 Å². The number of likely N-dealkylation sites (tertiary alicyclic amines) is 2. The highest BCUT2D eigenvalue weighted by atomic mass is 16.2. The van der Waals surface area contributed by atoms with Crippen molar-refractivity contribution in [2.24, 2.45) is 11.8 Å². The first-order chi connectivity index (χ1) is 11.1. The minimum atomic E-state index is 0.209. The van der Waals surface area contributed by atoms with Crippen LogP contribution < -0.4 is 5.32 Å². The predicted molar refractivity (Wildman–Crippen MR) is 89.9 cm³/mol. The van der Waals surface area contributed by atoms with Gasteiger partial charge in [0.15, 0.2) is 0 Å². The number of nitrogens with zero attached hydrogens (tertiary/aromatic N) is 2. The number of rotatable bonds is 4. The predicted octanol–water partition coefficient (Wildman–Crippen LogP) is 1.63. The molecule has 1 saturated carbocycles. The minimum absolute atomic E-state index is 0.209. The Morgan fingerprint density at radius 3 is 2.35 bits per heavy atom. The molecule has 2 amide bonds. The summed E-state index contributed by atoms with van der Waals surface area (Å²) in [7, 11) is 0. The standard InChI is InChI=1S/C18H31N3O2/c1-14(22)21-9-3-4-15(13-21)12-20-10-7-16(8-11-20)18(23)19-17-5-2-6-17/h15-17H,2-13H2,1H3,(H,19,23). The van der Waals surface area contributed by atoms with Gasteiger partial charge in [0.05, 0.1) is 0 Å². The SMILES string of the molecule is CC(=O)N1CCCC(CN2CCC(C(=O)NC3CCC3)CC2)C1. The molecular weight excluding hydrogens is 290 g/mol. The summed E-state index contributed by atoms with van der Waals surface area (Å²) >= 11 is 0. The molecule has 1 aliphatic carbocycles. The van der Waals surface area contributed by atoms with Crippen LogP contribution in [0.1, 0.15) is 51.9 Å². The third kappa shape index (κ3) is 4.46. The lowest BCUT2D eigenvalue weighted by Crippen LogP contribution is -2.48. The maximum atomic E-state index is 12.2. The summed E-state index contributed by atoms with van der Waals surface area (Å²) in [5, 5.41) is 3.20. The molecule has 5 nitrogen and oxygen atoms in total. The molecule has 1 N–H and O–H groups in total. The Hall–Kier alpha value is -1.10. The van der Waals surface area contributed by atoms with Crippen LogP contribution in [0.2, 0.25) is 0 Å². The number of amides is 2. The normalized spacial score (nSPS) is 27.5. The molecule has 2 aliphatic heterocycles. The third-order valence-electron chi connectivity index (χ3n) is 5.89. The van der Waals surface area contributed by atoms with E-state index in [1.807, 2.05) is 4.90 Å². The highest BCUT2D eigenvalue weighted by Crippen LogP contribution is 2.24. The average molecular weight is 321 g/mol. The fourth-order valence-electron chi connectivity index (χ4n) is 4.11. The minimum Gasteiger partial charge on any atom is -0.353 e. The van der Waals surface area contributed by atoms with Gasteiger partial charge in [0, 0.05) is 38.5 Å². The number of nitrogens with one attached hydrogen (secondary N) is 1. The van der Waals surface area contributed by atoms with Crippen LogP contribution in [0.5, 0.6) is 0 Å². The summed E-state index contributed by atoms with van der Waals surface area (Å²) in [5.41, 5.74) is 0. The first kappa shape index (κ1) is 16.7. The molecule has 0 aromatic rings. The molecule has 130 valence electrons. The Bertz CT molecular complexity index is 428. The molecule has 0 radical (unpaired) electrons. The first-order valence-corrected chi connectivity index (χ1v) is 9.40. The molecule has 3 fully saturated rings. The summed E-state index contributed by atoms with van der Waals surface area (Å²) < 4.78 is 0. The second-order valence-electron chi connectivity index (χ2n) is 7.68. The second-order valence-corrected chi connectivity index (χ2v) is 7.68. The molecule has 0 spiro atoms. The Morgan fingerprint density at radius 2 is 1.74 bits per heavy atom. The van der Waals surface area contributed by atoms with Crippen LogP contribution >= 0.6 is 0 Å². The van der Waals surface area contributed by atoms with Crippen molar-refractivity contribution in [1.82, 2.24) is 15.1 Å². The van der Waals surface area contributed by atoms with Crippen molar-refractivity contribution in [3.63, 3.8) is 0 Å². The van der Waals surface area contributed by atoms with E-state index in [0.717, 1.165) is 52.0 Å². The van der Waals surface area contributed by atoms with Crippen LogP contribution in [0.15, 0.2) is 0 Å². The maximum absolute atomic E-state index is 12.2. The van der Waals surface area contributed by atoms with Crippen molar-refractivity contribution in [2.75, 3.05) is 32.7 Å². The quantitative estimate of drug-likeness (QED) is 0.856. The van der Waals surface area contributed by atoms with Gasteiger partial charge in [-0.25, -0.2) is 0 Å². The van der Waals surface area contributed by atoms with Crippen LogP contribution in [0.25, 0.3) is 0 Å². The zero-order valence-corrected chi connectivity index (χ0v) is 14.4. The number of hydrogen-bond donors (Lipinski definition) is 1. The molecule has 2 heterocycles. The fourth-order valence-corrected chi connectivity index (χ4v) is 4.11. The molecule has 3 aliphatic rings. The second kappa shape index (κ2) is 7.65. The van der Waals surface area contributed by atoms with E-state index in [4.69, 9.17) is 0 Å². The molecule has 0 bridgehead atoms. The molecule has 1 atom stereocenters. The lowest BCUT2D eigenvalue weighted by Gasteiger charge is -2.38. The van der Waals surface area contributed by atoms with E-state index in [9.17, 15) is 9.59 Å². The van der Waals surface area contributed by atoms with E-state index in [2.05, 4.69) is 10.2 Å². The van der Waals surface area contributed by atoms with Gasteiger partial charge in [-0.1, -0.05) is 0 Å². The topological polar surface area (TPSA) is 52.7 Å². The van der Waals surface area contributed by atoms with Crippen LogP contribution in [0.4, 0.5) is 0 Å². The Morgan fingerprint density at radius 1 is 1.00 bits per heavy atom. The number of carbonyl (C=O) groups excluding carboxylic acids is 2. The molecule has 3 rings (SSSR count). The lowest BCUT2D eigenvalue weighted by molar-refractivity contribution is -0.131. The van der Waals surface area contributed by atoms with Crippen molar-refractivity contribution in [1.29, 1.82) is 0 Å². The van der Waals surface area contributed by atoms with Crippen LogP contribution in [0, 0.1) is 11.8 Å². The van der Waals surface area contributed by atoms with Crippen LogP contribution in [0.3, 0.4) is 0 Å². The molecule has 0 aromatic heterocycles. The van der Waals surface area contributed by atoms with Gasteiger partial charge in [0.1, 0.15) is 0 Å². The Balaban J connectivity index is 1.38. The highest BCUT2D eigenvalue weighted by Gasteiger charge is 2.30. The van der Waals surface area contributed by atoms with Crippen LogP contribution in [-0.4, -0.2) is 60.4 Å². The van der Waals surface area contributed by atoms with Gasteiger partial charge < -0.3 is 15.1 Å². The summed E-state index contributed by atoms with van der Waals surface area (Å²) in [6.07, 6.45) is 7.93. The van der Waals surface area contributed by atoms with Crippen molar-refractivity contribution in [3.05, 3.63) is 0 Å². The molecule has 0 aromatic carbocycles. The smallest absolute Gasteiger partial charge is 0.223 e. The van der Waals surface area contributed by atoms with Gasteiger partial charge in [0.25, 0.3) is 0 Å².